The van der Waals surface area contributed by atoms with E-state index in [0.717, 1.165) is 51.3 Å². The lowest BCUT2D eigenvalue weighted by Crippen LogP contribution is -2.36. The Morgan fingerprint density at radius 1 is 0.852 bits per heavy atom. The minimum absolute atomic E-state index is 0.0740. The number of pyridine rings is 1. The number of aromatic nitrogens is 1. The van der Waals surface area contributed by atoms with E-state index in [1.165, 1.54) is 49.8 Å². The molecule has 0 saturated carbocycles. The van der Waals surface area contributed by atoms with Gasteiger partial charge in [0.15, 0.2) is 5.43 Å². The summed E-state index contributed by atoms with van der Waals surface area (Å²) in [6, 6.07) is 0. The fraction of sp³-hybridized carbons (Fsp3) is 0.773. The van der Waals surface area contributed by atoms with Crippen LogP contribution in [-0.4, -0.2) is 47.7 Å². The van der Waals surface area contributed by atoms with E-state index in [9.17, 15) is 10.0 Å². The van der Waals surface area contributed by atoms with Crippen molar-refractivity contribution in [1.29, 1.82) is 0 Å². The van der Waals surface area contributed by atoms with Gasteiger partial charge in [0.05, 0.1) is 24.6 Å². The normalized spacial score (nSPS) is 15.4. The summed E-state index contributed by atoms with van der Waals surface area (Å²) in [4.78, 5) is 14.7. The highest BCUT2D eigenvalue weighted by Crippen LogP contribution is 2.15. The molecule has 1 aliphatic heterocycles. The Morgan fingerprint density at radius 2 is 1.41 bits per heavy atom. The highest BCUT2D eigenvalue weighted by atomic mass is 16.5. The van der Waals surface area contributed by atoms with Crippen LogP contribution in [-0.2, 0) is 11.2 Å². The van der Waals surface area contributed by atoms with Gasteiger partial charge in [0.1, 0.15) is 0 Å². The summed E-state index contributed by atoms with van der Waals surface area (Å²) >= 11 is 0. The van der Waals surface area contributed by atoms with Crippen LogP contribution in [0.2, 0.25) is 0 Å². The molecule has 0 spiro atoms. The Morgan fingerprint density at radius 3 is 2.04 bits per heavy atom. The van der Waals surface area contributed by atoms with Crippen LogP contribution in [0.15, 0.2) is 4.79 Å². The van der Waals surface area contributed by atoms with E-state index in [0.29, 0.717) is 16.8 Å². The summed E-state index contributed by atoms with van der Waals surface area (Å²) in [7, 11) is 0. The van der Waals surface area contributed by atoms with E-state index < -0.39 is 0 Å². The van der Waals surface area contributed by atoms with E-state index in [-0.39, 0.29) is 5.43 Å². The zero-order valence-electron chi connectivity index (χ0n) is 17.6. The third-order valence-electron chi connectivity index (χ3n) is 5.97. The number of hydrogen-bond acceptors (Lipinski definition) is 4. The van der Waals surface area contributed by atoms with E-state index in [1.807, 2.05) is 6.92 Å². The predicted molar refractivity (Wildman–Crippen MR) is 110 cm³/mol. The molecule has 5 heteroatoms. The van der Waals surface area contributed by atoms with Gasteiger partial charge < -0.3 is 9.94 Å². The third kappa shape index (κ3) is 6.65. The van der Waals surface area contributed by atoms with Crippen LogP contribution in [0, 0.1) is 20.8 Å². The predicted octanol–water partition coefficient (Wildman–Crippen LogP) is 4.01. The highest BCUT2D eigenvalue weighted by molar-refractivity contribution is 5.29. The van der Waals surface area contributed by atoms with Gasteiger partial charge in [-0.05, 0) is 46.6 Å². The molecule has 1 saturated heterocycles. The number of unbranched alkanes of at least 4 members (excludes halogenated alkanes) is 7. The molecular formula is C22H38N2O3. The molecule has 2 rings (SSSR count). The van der Waals surface area contributed by atoms with Gasteiger partial charge in [0.25, 0.3) is 0 Å². The van der Waals surface area contributed by atoms with E-state index in [4.69, 9.17) is 4.74 Å². The summed E-state index contributed by atoms with van der Waals surface area (Å²) in [5, 5.41) is 10.3. The number of morpholine rings is 1. The Kier molecular flexibility index (Phi) is 9.35. The zero-order chi connectivity index (χ0) is 19.6. The Hall–Kier alpha value is -1.33. The van der Waals surface area contributed by atoms with Crippen LogP contribution in [0.3, 0.4) is 0 Å². The maximum absolute atomic E-state index is 12.2. The second-order valence-electron chi connectivity index (χ2n) is 7.96. The quantitative estimate of drug-likeness (QED) is 0.467. The van der Waals surface area contributed by atoms with Crippen molar-refractivity contribution in [3.8, 4) is 0 Å². The van der Waals surface area contributed by atoms with E-state index in [2.05, 4.69) is 4.90 Å². The first-order chi connectivity index (χ1) is 13.0. The van der Waals surface area contributed by atoms with Crippen molar-refractivity contribution in [2.45, 2.75) is 78.6 Å². The fourth-order valence-electron chi connectivity index (χ4n) is 3.90. The number of rotatable bonds is 11. The van der Waals surface area contributed by atoms with Gasteiger partial charge in [0.2, 0.25) is 0 Å². The molecule has 0 bridgehead atoms. The van der Waals surface area contributed by atoms with Crippen molar-refractivity contribution in [2.75, 3.05) is 32.8 Å². The van der Waals surface area contributed by atoms with Crippen LogP contribution in [0.4, 0.5) is 0 Å². The van der Waals surface area contributed by atoms with Crippen LogP contribution < -0.4 is 5.43 Å². The monoisotopic (exact) mass is 378 g/mol. The van der Waals surface area contributed by atoms with Gasteiger partial charge in [0, 0.05) is 24.2 Å². The standard InChI is InChI=1S/C22H38N2O3/c1-18-20(3)24(26)21(19(2)22(18)25)12-10-8-6-4-5-7-9-11-13-23-14-16-27-17-15-23/h26H,4-17H2,1-3H3. The Balaban J connectivity index is 1.53. The summed E-state index contributed by atoms with van der Waals surface area (Å²) in [6.45, 7) is 10.6. The largest absolute Gasteiger partial charge is 0.428 e. The van der Waals surface area contributed by atoms with Gasteiger partial charge in [-0.1, -0.05) is 38.5 Å². The van der Waals surface area contributed by atoms with Gasteiger partial charge in [-0.2, -0.15) is 4.73 Å². The first kappa shape index (κ1) is 22.0. The zero-order valence-corrected chi connectivity index (χ0v) is 17.6. The fourth-order valence-corrected chi connectivity index (χ4v) is 3.90. The first-order valence-corrected chi connectivity index (χ1v) is 10.7. The maximum atomic E-state index is 12.2. The van der Waals surface area contributed by atoms with Gasteiger partial charge in [-0.25, -0.2) is 0 Å². The Labute approximate surface area is 164 Å². The average molecular weight is 379 g/mol. The van der Waals surface area contributed by atoms with Crippen molar-refractivity contribution in [1.82, 2.24) is 9.63 Å². The van der Waals surface area contributed by atoms with E-state index in [1.54, 1.807) is 13.8 Å². The molecule has 2 heterocycles. The second-order valence-corrected chi connectivity index (χ2v) is 7.96. The molecule has 0 aromatic carbocycles. The molecule has 0 aliphatic carbocycles. The van der Waals surface area contributed by atoms with Crippen molar-refractivity contribution in [3.63, 3.8) is 0 Å². The maximum Gasteiger partial charge on any atom is 0.188 e. The molecule has 1 aliphatic rings. The summed E-state index contributed by atoms with van der Waals surface area (Å²) in [5.41, 5.74) is 2.86. The molecule has 5 nitrogen and oxygen atoms in total. The molecule has 1 N–H and O–H groups in total. The second kappa shape index (κ2) is 11.5. The van der Waals surface area contributed by atoms with Crippen molar-refractivity contribution >= 4 is 0 Å². The summed E-state index contributed by atoms with van der Waals surface area (Å²) in [5.74, 6) is 0. The summed E-state index contributed by atoms with van der Waals surface area (Å²) < 4.78 is 6.60. The molecule has 27 heavy (non-hydrogen) atoms. The van der Waals surface area contributed by atoms with Gasteiger partial charge in [-0.3, -0.25) is 9.69 Å². The number of ether oxygens (including phenoxy) is 1. The first-order valence-electron chi connectivity index (χ1n) is 10.7. The molecule has 0 amide bonds. The minimum atomic E-state index is 0.0740. The van der Waals surface area contributed by atoms with Crippen LogP contribution in [0.5, 0.6) is 0 Å². The lowest BCUT2D eigenvalue weighted by Gasteiger charge is -2.26. The summed E-state index contributed by atoms with van der Waals surface area (Å²) in [6.07, 6.45) is 10.8. The lowest BCUT2D eigenvalue weighted by atomic mass is 10.0. The topological polar surface area (TPSA) is 54.7 Å². The molecule has 0 unspecified atom stereocenters. The smallest absolute Gasteiger partial charge is 0.188 e. The van der Waals surface area contributed by atoms with Crippen LogP contribution in [0.25, 0.3) is 0 Å². The SMILES string of the molecule is Cc1c(C)n(O)c(CCCCCCCCCCN2CCOCC2)c(C)c1=O. The molecular weight excluding hydrogens is 340 g/mol. The number of nitrogens with zero attached hydrogens (tertiary/aromatic N) is 2. The molecule has 1 aromatic rings. The minimum Gasteiger partial charge on any atom is -0.428 e. The molecule has 0 radical (unpaired) electrons. The Bertz CT molecular complexity index is 633. The third-order valence-corrected chi connectivity index (χ3v) is 5.97. The van der Waals surface area contributed by atoms with Crippen molar-refractivity contribution in [3.05, 3.63) is 32.7 Å². The van der Waals surface area contributed by atoms with E-state index >= 15 is 0 Å². The van der Waals surface area contributed by atoms with Gasteiger partial charge >= 0.3 is 0 Å². The van der Waals surface area contributed by atoms with Gasteiger partial charge in [-0.15, -0.1) is 0 Å². The molecule has 154 valence electrons. The van der Waals surface area contributed by atoms with Crippen molar-refractivity contribution in [2.24, 2.45) is 0 Å². The lowest BCUT2D eigenvalue weighted by molar-refractivity contribution is 0.0371. The van der Waals surface area contributed by atoms with Crippen LogP contribution >= 0.6 is 0 Å². The van der Waals surface area contributed by atoms with Crippen molar-refractivity contribution < 1.29 is 9.94 Å². The average Bonchev–Trinajstić information content (AvgIpc) is 2.69. The molecule has 0 atom stereocenters. The molecule has 1 aromatic heterocycles. The number of hydrogen-bond donors (Lipinski definition) is 1. The molecule has 1 fully saturated rings. The van der Waals surface area contributed by atoms with Crippen LogP contribution in [0.1, 0.15) is 73.9 Å². The highest BCUT2D eigenvalue weighted by Gasteiger charge is 2.13.